The highest BCUT2D eigenvalue weighted by Crippen LogP contribution is 2.31. The number of anilines is 2. The van der Waals surface area contributed by atoms with Gasteiger partial charge in [0.1, 0.15) is 11.5 Å². The van der Waals surface area contributed by atoms with E-state index in [-0.39, 0.29) is 12.5 Å². The molecule has 0 bridgehead atoms. The number of rotatable bonds is 9. The van der Waals surface area contributed by atoms with Gasteiger partial charge < -0.3 is 19.3 Å². The number of ether oxygens (including phenoxy) is 2. The van der Waals surface area contributed by atoms with Crippen molar-refractivity contribution in [3.63, 3.8) is 0 Å². The number of nitrogens with zero attached hydrogens (tertiary/aromatic N) is 2. The minimum Gasteiger partial charge on any atom is -0.497 e. The zero-order valence-electron chi connectivity index (χ0n) is 18.8. The maximum atomic E-state index is 12.4. The Balaban J connectivity index is 1.35. The van der Waals surface area contributed by atoms with E-state index in [1.807, 2.05) is 41.3 Å². The third-order valence-corrected chi connectivity index (χ3v) is 5.93. The van der Waals surface area contributed by atoms with Crippen molar-refractivity contribution in [1.82, 2.24) is 0 Å². The van der Waals surface area contributed by atoms with Crippen molar-refractivity contribution in [2.75, 3.05) is 43.7 Å². The van der Waals surface area contributed by atoms with E-state index in [2.05, 4.69) is 48.3 Å². The van der Waals surface area contributed by atoms with Gasteiger partial charge in [0.15, 0.2) is 6.61 Å². The molecule has 32 heavy (non-hydrogen) atoms. The van der Waals surface area contributed by atoms with E-state index in [0.717, 1.165) is 43.0 Å². The standard InChI is InChI=1S/C27H30N2O3/c1-28(18-7-19-29-25-10-5-6-11-26(25)32-20-27(29)30)24-9-4-3-8-22(24)15-12-21-13-16-23(31-2)17-14-21/h3-6,8-11,13-14,16-17H,7,12,15,18-20H2,1-2H3. The molecule has 0 radical (unpaired) electrons. The molecule has 3 aromatic rings. The van der Waals surface area contributed by atoms with Gasteiger partial charge in [0, 0.05) is 25.8 Å². The van der Waals surface area contributed by atoms with E-state index in [9.17, 15) is 4.79 Å². The molecule has 0 spiro atoms. The molecule has 1 aliphatic rings. The fourth-order valence-electron chi connectivity index (χ4n) is 4.15. The van der Waals surface area contributed by atoms with Crippen LogP contribution in [0.5, 0.6) is 11.5 Å². The van der Waals surface area contributed by atoms with Gasteiger partial charge >= 0.3 is 0 Å². The number of carbonyl (C=O) groups excluding carboxylic acids is 1. The number of carbonyl (C=O) groups is 1. The minimum absolute atomic E-state index is 0.0197. The monoisotopic (exact) mass is 430 g/mol. The van der Waals surface area contributed by atoms with E-state index < -0.39 is 0 Å². The topological polar surface area (TPSA) is 42.0 Å². The Hall–Kier alpha value is -3.47. The van der Waals surface area contributed by atoms with E-state index in [1.54, 1.807) is 7.11 Å². The zero-order valence-corrected chi connectivity index (χ0v) is 18.8. The molecule has 1 amide bonds. The molecule has 0 atom stereocenters. The lowest BCUT2D eigenvalue weighted by atomic mass is 10.0. The van der Waals surface area contributed by atoms with Crippen molar-refractivity contribution in [3.8, 4) is 11.5 Å². The summed E-state index contributed by atoms with van der Waals surface area (Å²) < 4.78 is 10.8. The van der Waals surface area contributed by atoms with Crippen LogP contribution in [0.1, 0.15) is 17.5 Å². The SMILES string of the molecule is COc1ccc(CCc2ccccc2N(C)CCCN2C(=O)COc3ccccc32)cc1. The summed E-state index contributed by atoms with van der Waals surface area (Å²) >= 11 is 0. The fraction of sp³-hybridized carbons (Fsp3) is 0.296. The first kappa shape index (κ1) is 21.8. The summed E-state index contributed by atoms with van der Waals surface area (Å²) in [5.74, 6) is 1.69. The number of hydrogen-bond donors (Lipinski definition) is 0. The summed E-state index contributed by atoms with van der Waals surface area (Å²) in [5.41, 5.74) is 4.74. The average molecular weight is 431 g/mol. The van der Waals surface area contributed by atoms with Gasteiger partial charge in [0.2, 0.25) is 0 Å². The lowest BCUT2D eigenvalue weighted by Crippen LogP contribution is -2.40. The summed E-state index contributed by atoms with van der Waals surface area (Å²) in [7, 11) is 3.82. The Kier molecular flexibility index (Phi) is 6.95. The molecule has 0 unspecified atom stereocenters. The molecule has 166 valence electrons. The van der Waals surface area contributed by atoms with Gasteiger partial charge in [-0.2, -0.15) is 0 Å². The van der Waals surface area contributed by atoms with Gasteiger partial charge in [-0.25, -0.2) is 0 Å². The third-order valence-electron chi connectivity index (χ3n) is 5.93. The molecular formula is C27H30N2O3. The first-order valence-corrected chi connectivity index (χ1v) is 11.1. The van der Waals surface area contributed by atoms with Crippen LogP contribution in [-0.4, -0.2) is 39.8 Å². The second-order valence-electron chi connectivity index (χ2n) is 8.05. The smallest absolute Gasteiger partial charge is 0.265 e. The normalized spacial score (nSPS) is 12.8. The summed E-state index contributed by atoms with van der Waals surface area (Å²) in [4.78, 5) is 16.5. The van der Waals surface area contributed by atoms with Gasteiger partial charge in [-0.1, -0.05) is 42.5 Å². The number of fused-ring (bicyclic) bond motifs is 1. The summed E-state index contributed by atoms with van der Waals surface area (Å²) in [6.07, 6.45) is 2.83. The molecule has 5 heteroatoms. The number of benzene rings is 3. The summed E-state index contributed by atoms with van der Waals surface area (Å²) in [6.45, 7) is 1.66. The molecule has 0 aromatic heterocycles. The second kappa shape index (κ2) is 10.2. The Morgan fingerprint density at radius 2 is 1.72 bits per heavy atom. The van der Waals surface area contributed by atoms with E-state index >= 15 is 0 Å². The molecule has 0 saturated carbocycles. The second-order valence-corrected chi connectivity index (χ2v) is 8.05. The van der Waals surface area contributed by atoms with E-state index in [4.69, 9.17) is 9.47 Å². The maximum Gasteiger partial charge on any atom is 0.265 e. The van der Waals surface area contributed by atoms with Crippen LogP contribution in [0, 0.1) is 0 Å². The molecule has 1 heterocycles. The molecule has 0 aliphatic carbocycles. The van der Waals surface area contributed by atoms with Crippen LogP contribution in [-0.2, 0) is 17.6 Å². The van der Waals surface area contributed by atoms with Gasteiger partial charge in [0.25, 0.3) is 5.91 Å². The van der Waals surface area contributed by atoms with Crippen LogP contribution >= 0.6 is 0 Å². The zero-order chi connectivity index (χ0) is 22.3. The number of methoxy groups -OCH3 is 1. The van der Waals surface area contributed by atoms with Crippen LogP contribution in [0.2, 0.25) is 0 Å². The Labute approximate surface area is 190 Å². The molecule has 3 aromatic carbocycles. The van der Waals surface area contributed by atoms with Crippen molar-refractivity contribution in [1.29, 1.82) is 0 Å². The van der Waals surface area contributed by atoms with Crippen molar-refractivity contribution in [2.24, 2.45) is 0 Å². The van der Waals surface area contributed by atoms with Gasteiger partial charge in [-0.15, -0.1) is 0 Å². The number of para-hydroxylation sites is 3. The van der Waals surface area contributed by atoms with E-state index in [0.29, 0.717) is 6.54 Å². The van der Waals surface area contributed by atoms with Crippen LogP contribution in [0.4, 0.5) is 11.4 Å². The molecule has 4 rings (SSSR count). The number of hydrogen-bond acceptors (Lipinski definition) is 4. The average Bonchev–Trinajstić information content (AvgIpc) is 2.84. The predicted molar refractivity (Wildman–Crippen MR) is 129 cm³/mol. The largest absolute Gasteiger partial charge is 0.497 e. The molecular weight excluding hydrogens is 400 g/mol. The molecule has 5 nitrogen and oxygen atoms in total. The van der Waals surface area contributed by atoms with Crippen molar-refractivity contribution < 1.29 is 14.3 Å². The maximum absolute atomic E-state index is 12.4. The van der Waals surface area contributed by atoms with Crippen LogP contribution in [0.3, 0.4) is 0 Å². The van der Waals surface area contributed by atoms with Crippen molar-refractivity contribution in [2.45, 2.75) is 19.3 Å². The van der Waals surface area contributed by atoms with Crippen LogP contribution < -0.4 is 19.3 Å². The lowest BCUT2D eigenvalue weighted by Gasteiger charge is -2.30. The molecule has 0 saturated heterocycles. The minimum atomic E-state index is 0.0197. The van der Waals surface area contributed by atoms with Crippen molar-refractivity contribution in [3.05, 3.63) is 83.9 Å². The number of aryl methyl sites for hydroxylation is 2. The quantitative estimate of drug-likeness (QED) is 0.492. The first-order chi connectivity index (χ1) is 15.7. The Bertz CT molecular complexity index is 1050. The highest BCUT2D eigenvalue weighted by Gasteiger charge is 2.24. The first-order valence-electron chi connectivity index (χ1n) is 11.1. The van der Waals surface area contributed by atoms with Crippen LogP contribution in [0.15, 0.2) is 72.8 Å². The highest BCUT2D eigenvalue weighted by molar-refractivity contribution is 5.97. The summed E-state index contributed by atoms with van der Waals surface area (Å²) in [6, 6.07) is 24.6. The third kappa shape index (κ3) is 5.05. The van der Waals surface area contributed by atoms with E-state index in [1.165, 1.54) is 16.8 Å². The predicted octanol–water partition coefficient (Wildman–Crippen LogP) is 4.73. The highest BCUT2D eigenvalue weighted by atomic mass is 16.5. The van der Waals surface area contributed by atoms with Gasteiger partial charge in [-0.3, -0.25) is 4.79 Å². The Morgan fingerprint density at radius 3 is 2.53 bits per heavy atom. The summed E-state index contributed by atoms with van der Waals surface area (Å²) in [5, 5.41) is 0. The molecule has 1 aliphatic heterocycles. The van der Waals surface area contributed by atoms with Crippen LogP contribution in [0.25, 0.3) is 0 Å². The molecule has 0 fully saturated rings. The van der Waals surface area contributed by atoms with Crippen molar-refractivity contribution >= 4 is 17.3 Å². The Morgan fingerprint density at radius 1 is 0.969 bits per heavy atom. The van der Waals surface area contributed by atoms with Gasteiger partial charge in [-0.05, 0) is 60.7 Å². The fourth-order valence-corrected chi connectivity index (χ4v) is 4.15. The molecule has 0 N–H and O–H groups in total. The number of amides is 1. The van der Waals surface area contributed by atoms with Gasteiger partial charge in [0.05, 0.1) is 12.8 Å². The lowest BCUT2D eigenvalue weighted by molar-refractivity contribution is -0.121.